The summed E-state index contributed by atoms with van der Waals surface area (Å²) in [5.41, 5.74) is 2.63. The van der Waals surface area contributed by atoms with E-state index in [4.69, 9.17) is 14.5 Å². The maximum Gasteiger partial charge on any atom is 0.338 e. The lowest BCUT2D eigenvalue weighted by Crippen LogP contribution is -2.48. The average Bonchev–Trinajstić information content (AvgIpc) is 3.47. The van der Waals surface area contributed by atoms with Crippen LogP contribution in [0.4, 0.5) is 0 Å². The molecule has 3 heterocycles. The minimum atomic E-state index is -0.902. The third-order valence-corrected chi connectivity index (χ3v) is 9.89. The highest BCUT2D eigenvalue weighted by Gasteiger charge is 2.38. The van der Waals surface area contributed by atoms with Gasteiger partial charge in [0.15, 0.2) is 10.8 Å². The van der Waals surface area contributed by atoms with Crippen LogP contribution in [0.25, 0.3) is 0 Å². The SMILES string of the molecule is C=Ic1ccc([C@@H](C)C2N=C(c3nccs3)NC(CN3CCOC(CC(C)(C)C(=O)O)C3)=C2C(=O)OCC)c(C)c1. The Labute approximate surface area is 255 Å². The third-order valence-electron chi connectivity index (χ3n) is 7.56. The van der Waals surface area contributed by atoms with Crippen LogP contribution in [0.1, 0.15) is 56.2 Å². The Balaban J connectivity index is 1.72. The van der Waals surface area contributed by atoms with Crippen molar-refractivity contribution in [3.63, 3.8) is 0 Å². The molecule has 11 heteroatoms. The molecule has 41 heavy (non-hydrogen) atoms. The van der Waals surface area contributed by atoms with Crippen LogP contribution >= 0.6 is 32.1 Å². The first-order chi connectivity index (χ1) is 19.5. The molecule has 0 radical (unpaired) electrons. The van der Waals surface area contributed by atoms with Crippen LogP contribution in [-0.2, 0) is 19.1 Å². The lowest BCUT2D eigenvalue weighted by molar-refractivity contribution is -0.150. The summed E-state index contributed by atoms with van der Waals surface area (Å²) in [6.07, 6.45) is 1.91. The van der Waals surface area contributed by atoms with Crippen LogP contribution in [0, 0.1) is 15.9 Å². The molecule has 0 bridgehead atoms. The Morgan fingerprint density at radius 2 is 2.17 bits per heavy atom. The molecule has 1 aromatic heterocycles. The van der Waals surface area contributed by atoms with Crippen LogP contribution in [-0.4, -0.2) is 82.3 Å². The number of morpholine rings is 1. The number of carbonyl (C=O) groups excluding carboxylic acids is 1. The van der Waals surface area contributed by atoms with E-state index in [1.54, 1.807) is 27.0 Å². The second kappa shape index (κ2) is 13.7. The van der Waals surface area contributed by atoms with Gasteiger partial charge in [0, 0.05) is 46.4 Å². The van der Waals surface area contributed by atoms with Gasteiger partial charge in [0.1, 0.15) is 0 Å². The van der Waals surface area contributed by atoms with Crippen molar-refractivity contribution in [2.24, 2.45) is 10.4 Å². The number of hydrogen-bond acceptors (Lipinski definition) is 9. The van der Waals surface area contributed by atoms with Gasteiger partial charge in [-0.05, 0) is 57.4 Å². The van der Waals surface area contributed by atoms with E-state index in [0.717, 1.165) is 21.8 Å². The van der Waals surface area contributed by atoms with Crippen molar-refractivity contribution in [2.45, 2.75) is 59.1 Å². The molecule has 2 unspecified atom stereocenters. The number of hydrogen-bond donors (Lipinski definition) is 2. The van der Waals surface area contributed by atoms with E-state index < -0.39 is 17.4 Å². The van der Waals surface area contributed by atoms with E-state index in [9.17, 15) is 14.7 Å². The van der Waals surface area contributed by atoms with Gasteiger partial charge in [-0.2, -0.15) is 0 Å². The number of carboxylic acid groups (broad SMARTS) is 1. The van der Waals surface area contributed by atoms with Crippen LogP contribution in [0.15, 0.2) is 46.0 Å². The lowest BCUT2D eigenvalue weighted by atomic mass is 9.84. The van der Waals surface area contributed by atoms with Crippen LogP contribution in [0.2, 0.25) is 0 Å². The Hall–Kier alpha value is -2.48. The predicted octanol–water partition coefficient (Wildman–Crippen LogP) is 4.56. The van der Waals surface area contributed by atoms with Gasteiger partial charge >= 0.3 is 11.9 Å². The van der Waals surface area contributed by atoms with Gasteiger partial charge in [-0.15, -0.1) is 11.3 Å². The smallest absolute Gasteiger partial charge is 0.338 e. The van der Waals surface area contributed by atoms with Crippen molar-refractivity contribution in [3.05, 3.63) is 60.8 Å². The summed E-state index contributed by atoms with van der Waals surface area (Å²) < 4.78 is 16.9. The predicted molar refractivity (Wildman–Crippen MR) is 171 cm³/mol. The van der Waals surface area contributed by atoms with E-state index in [1.165, 1.54) is 14.9 Å². The van der Waals surface area contributed by atoms with E-state index in [2.05, 4.69) is 51.8 Å². The van der Waals surface area contributed by atoms with E-state index in [0.29, 0.717) is 44.1 Å². The van der Waals surface area contributed by atoms with Crippen molar-refractivity contribution >= 4 is 54.4 Å². The van der Waals surface area contributed by atoms with E-state index in [-0.39, 0.29) is 45.3 Å². The molecule has 2 aliphatic rings. The second-order valence-electron chi connectivity index (χ2n) is 11.0. The van der Waals surface area contributed by atoms with Gasteiger partial charge in [-0.25, -0.2) is 9.78 Å². The number of nitrogens with zero attached hydrogens (tertiary/aromatic N) is 3. The van der Waals surface area contributed by atoms with Gasteiger partial charge in [0.25, 0.3) is 0 Å². The number of aliphatic carboxylic acids is 1. The molecule has 1 fully saturated rings. The maximum absolute atomic E-state index is 13.6. The molecule has 0 amide bonds. The van der Waals surface area contributed by atoms with Gasteiger partial charge < -0.3 is 19.9 Å². The first-order valence-electron chi connectivity index (χ1n) is 13.7. The fourth-order valence-corrected chi connectivity index (χ4v) is 7.05. The zero-order chi connectivity index (χ0) is 29.7. The number of aliphatic imine (C=N–C) groups is 1. The van der Waals surface area contributed by atoms with Crippen molar-refractivity contribution in [3.8, 4) is 0 Å². The first kappa shape index (κ1) is 31.5. The summed E-state index contributed by atoms with van der Waals surface area (Å²) in [5, 5.41) is 15.7. The molecule has 3 atom stereocenters. The van der Waals surface area contributed by atoms with Crippen LogP contribution in [0.5, 0.6) is 0 Å². The normalized spacial score (nSPS) is 20.8. The molecule has 2 aromatic rings. The molecule has 1 aromatic carbocycles. The van der Waals surface area contributed by atoms with Gasteiger partial charge in [0.05, 0.1) is 36.3 Å². The zero-order valence-electron chi connectivity index (χ0n) is 24.3. The summed E-state index contributed by atoms with van der Waals surface area (Å²) in [5.74, 6) is -0.702. The van der Waals surface area contributed by atoms with Gasteiger partial charge in [-0.3, -0.25) is 14.7 Å². The molecule has 9 nitrogen and oxygen atoms in total. The number of nitrogens with one attached hydrogen (secondary N) is 1. The Kier molecular flexibility index (Phi) is 10.5. The molecular weight excluding hydrogens is 655 g/mol. The number of carboxylic acids is 1. The number of ether oxygens (including phenoxy) is 2. The Bertz CT molecular complexity index is 1340. The minimum absolute atomic E-state index is 0.104. The van der Waals surface area contributed by atoms with Crippen LogP contribution in [0.3, 0.4) is 0 Å². The number of halogens is 1. The summed E-state index contributed by atoms with van der Waals surface area (Å²) in [6, 6.07) is 5.98. The monoisotopic (exact) mass is 694 g/mol. The summed E-state index contributed by atoms with van der Waals surface area (Å²) in [4.78, 5) is 37.1. The Morgan fingerprint density at radius 1 is 1.39 bits per heavy atom. The second-order valence-corrected chi connectivity index (χ2v) is 13.9. The standard InChI is InChI=1S/C30H39IN4O5S/c1-7-39-28(36)24-23(17-35-11-12-40-21(16-35)15-30(4,5)29(37)38)33-26(27-32-10-13-41-27)34-25(24)19(3)22-9-8-20(31-6)14-18(22)2/h8-10,13-14,19,21,25H,6-7,11-12,15-17H2,1-5H3,(H,33,34)(H,37,38)/t19-,21?,25?/m1/s1. The number of aromatic nitrogens is 1. The highest BCUT2D eigenvalue weighted by atomic mass is 127. The molecule has 0 aliphatic carbocycles. The molecule has 4 rings (SSSR count). The summed E-state index contributed by atoms with van der Waals surface area (Å²) >= 11 is 1.21. The number of rotatable bonds is 11. The topological polar surface area (TPSA) is 113 Å². The van der Waals surface area contributed by atoms with E-state index in [1.807, 2.05) is 5.38 Å². The van der Waals surface area contributed by atoms with Crippen molar-refractivity contribution < 1.29 is 24.2 Å². The van der Waals surface area contributed by atoms with Crippen molar-refractivity contribution in [1.29, 1.82) is 0 Å². The largest absolute Gasteiger partial charge is 0.481 e. The van der Waals surface area contributed by atoms with Crippen LogP contribution < -0.4 is 5.32 Å². The van der Waals surface area contributed by atoms with Crippen molar-refractivity contribution in [2.75, 3.05) is 32.8 Å². The fourth-order valence-electron chi connectivity index (χ4n) is 5.34. The summed E-state index contributed by atoms with van der Waals surface area (Å²) in [6.45, 7) is 11.8. The maximum atomic E-state index is 13.6. The fraction of sp³-hybridized carbons (Fsp3) is 0.500. The molecule has 222 valence electrons. The highest BCUT2D eigenvalue weighted by molar-refractivity contribution is 14.2. The number of aryl methyl sites for hydroxylation is 1. The van der Waals surface area contributed by atoms with Gasteiger partial charge in [0.2, 0.25) is 0 Å². The number of thiazole rings is 1. The molecule has 1 saturated heterocycles. The number of amidine groups is 1. The van der Waals surface area contributed by atoms with Crippen molar-refractivity contribution in [1.82, 2.24) is 15.2 Å². The summed E-state index contributed by atoms with van der Waals surface area (Å²) in [7, 11) is 0. The zero-order valence-corrected chi connectivity index (χ0v) is 27.3. The molecule has 2 N–H and O–H groups in total. The quantitative estimate of drug-likeness (QED) is 0.260. The average molecular weight is 695 g/mol. The molecule has 0 spiro atoms. The number of carbonyl (C=O) groups is 2. The highest BCUT2D eigenvalue weighted by Crippen LogP contribution is 2.34. The minimum Gasteiger partial charge on any atom is -0.481 e. The first-order valence-corrected chi connectivity index (χ1v) is 17.2. The molecular formula is C30H39IN4O5S. The molecule has 2 aliphatic heterocycles. The van der Waals surface area contributed by atoms with Gasteiger partial charge in [-0.1, -0.05) is 38.2 Å². The third kappa shape index (κ3) is 7.49. The number of benzene rings is 1. The lowest BCUT2D eigenvalue weighted by Gasteiger charge is -2.37. The number of esters is 1. The molecule has 0 saturated carbocycles. The van der Waals surface area contributed by atoms with E-state index >= 15 is 0 Å². The Morgan fingerprint density at radius 3 is 2.80 bits per heavy atom.